The average molecular weight is 431 g/mol. The third-order valence-electron chi connectivity index (χ3n) is 4.58. The number of halogens is 1. The molecule has 0 saturated carbocycles. The summed E-state index contributed by atoms with van der Waals surface area (Å²) in [6, 6.07) is 7.64. The second-order valence-corrected chi connectivity index (χ2v) is 8.09. The van der Waals surface area contributed by atoms with Crippen LogP contribution in [-0.2, 0) is 16.0 Å². The predicted octanol–water partition coefficient (Wildman–Crippen LogP) is 3.58. The lowest BCUT2D eigenvalue weighted by Gasteiger charge is -2.31. The molecule has 1 aromatic heterocycles. The first-order valence-electron chi connectivity index (χ1n) is 9.83. The van der Waals surface area contributed by atoms with E-state index in [0.29, 0.717) is 17.7 Å². The van der Waals surface area contributed by atoms with Gasteiger partial charge in [0.05, 0.1) is 13.7 Å². The van der Waals surface area contributed by atoms with Crippen LogP contribution in [0.5, 0.6) is 5.88 Å². The second-order valence-electron chi connectivity index (χ2n) is 8.09. The quantitative estimate of drug-likeness (QED) is 0.689. The van der Waals surface area contributed by atoms with Crippen LogP contribution >= 0.6 is 0 Å². The molecule has 2 aromatic rings. The van der Waals surface area contributed by atoms with Crippen LogP contribution in [-0.4, -0.2) is 55.0 Å². The lowest BCUT2D eigenvalue weighted by molar-refractivity contribution is -0.0761. The van der Waals surface area contributed by atoms with Gasteiger partial charge in [-0.15, -0.1) is 0 Å². The molecule has 1 aromatic carbocycles. The Hall–Kier alpha value is -3.20. The van der Waals surface area contributed by atoms with E-state index < -0.39 is 17.6 Å². The molecule has 0 unspecified atom stereocenters. The van der Waals surface area contributed by atoms with E-state index in [0.717, 1.165) is 10.6 Å². The van der Waals surface area contributed by atoms with Crippen molar-refractivity contribution in [3.8, 4) is 5.88 Å². The standard InChI is InChI=1S/C22H26FN3O5/c1-22(2,3)31-21(28)26-10-11-30-19-17(26)13-15(12-14-6-8-16(23)9-7-14)18(24-19)20(27)25(4)29-5/h6-9,13H,10-12H2,1-5H3. The van der Waals surface area contributed by atoms with Gasteiger partial charge >= 0.3 is 6.09 Å². The molecule has 2 heterocycles. The summed E-state index contributed by atoms with van der Waals surface area (Å²) in [6.45, 7) is 5.85. The molecule has 0 saturated heterocycles. The number of ether oxygens (including phenoxy) is 2. The Balaban J connectivity index is 2.06. The largest absolute Gasteiger partial charge is 0.474 e. The number of anilines is 1. The first kappa shape index (κ1) is 22.5. The van der Waals surface area contributed by atoms with Crippen LogP contribution in [0.3, 0.4) is 0 Å². The molecule has 0 fully saturated rings. The minimum Gasteiger partial charge on any atom is -0.474 e. The average Bonchev–Trinajstić information content (AvgIpc) is 2.72. The highest BCUT2D eigenvalue weighted by molar-refractivity contribution is 5.95. The summed E-state index contributed by atoms with van der Waals surface area (Å²) in [5, 5.41) is 1.05. The van der Waals surface area contributed by atoms with Gasteiger partial charge in [-0.2, -0.15) is 0 Å². The summed E-state index contributed by atoms with van der Waals surface area (Å²) < 4.78 is 24.5. The van der Waals surface area contributed by atoms with E-state index in [1.165, 1.54) is 31.2 Å². The number of aromatic nitrogens is 1. The van der Waals surface area contributed by atoms with Crippen LogP contribution in [0.1, 0.15) is 42.4 Å². The van der Waals surface area contributed by atoms with Gasteiger partial charge in [0.15, 0.2) is 0 Å². The van der Waals surface area contributed by atoms with Gasteiger partial charge in [0, 0.05) is 7.05 Å². The lowest BCUT2D eigenvalue weighted by Crippen LogP contribution is -2.42. The fourth-order valence-electron chi connectivity index (χ4n) is 3.06. The normalized spacial score (nSPS) is 13.3. The Morgan fingerprint density at radius 3 is 2.55 bits per heavy atom. The minimum atomic E-state index is -0.670. The number of carbonyl (C=O) groups is 2. The first-order chi connectivity index (χ1) is 14.6. The van der Waals surface area contributed by atoms with Crippen LogP contribution in [0.4, 0.5) is 14.9 Å². The summed E-state index contributed by atoms with van der Waals surface area (Å²) >= 11 is 0. The number of carbonyl (C=O) groups excluding carboxylic acids is 2. The number of benzene rings is 1. The van der Waals surface area contributed by atoms with Crippen LogP contribution in [0.15, 0.2) is 30.3 Å². The van der Waals surface area contributed by atoms with E-state index >= 15 is 0 Å². The maximum absolute atomic E-state index is 13.3. The number of pyridine rings is 1. The van der Waals surface area contributed by atoms with Gasteiger partial charge in [-0.3, -0.25) is 14.5 Å². The molecule has 2 amide bonds. The van der Waals surface area contributed by atoms with E-state index in [1.54, 1.807) is 39.0 Å². The highest BCUT2D eigenvalue weighted by Crippen LogP contribution is 2.34. The molecular weight excluding hydrogens is 405 g/mol. The second kappa shape index (κ2) is 8.89. The van der Waals surface area contributed by atoms with Crippen molar-refractivity contribution in [2.24, 2.45) is 0 Å². The minimum absolute atomic E-state index is 0.124. The third-order valence-corrected chi connectivity index (χ3v) is 4.58. The van der Waals surface area contributed by atoms with Gasteiger partial charge in [-0.25, -0.2) is 19.2 Å². The molecule has 0 atom stereocenters. The van der Waals surface area contributed by atoms with Gasteiger partial charge in [0.25, 0.3) is 5.91 Å². The van der Waals surface area contributed by atoms with Crippen molar-refractivity contribution in [2.75, 3.05) is 32.2 Å². The van der Waals surface area contributed by atoms with Gasteiger partial charge in [-0.05, 0) is 56.5 Å². The maximum Gasteiger partial charge on any atom is 0.415 e. The van der Waals surface area contributed by atoms with Crippen molar-refractivity contribution in [3.63, 3.8) is 0 Å². The molecule has 0 radical (unpaired) electrons. The van der Waals surface area contributed by atoms with Crippen molar-refractivity contribution in [1.82, 2.24) is 10.0 Å². The lowest BCUT2D eigenvalue weighted by atomic mass is 10.0. The van der Waals surface area contributed by atoms with Crippen LogP contribution in [0.2, 0.25) is 0 Å². The summed E-state index contributed by atoms with van der Waals surface area (Å²) in [5.74, 6) is -0.666. The predicted molar refractivity (Wildman–Crippen MR) is 112 cm³/mol. The van der Waals surface area contributed by atoms with Crippen molar-refractivity contribution in [3.05, 3.63) is 53.0 Å². The van der Waals surface area contributed by atoms with Crippen LogP contribution < -0.4 is 9.64 Å². The fourth-order valence-corrected chi connectivity index (χ4v) is 3.06. The number of rotatable bonds is 4. The molecule has 1 aliphatic heterocycles. The highest BCUT2D eigenvalue weighted by atomic mass is 19.1. The van der Waals surface area contributed by atoms with E-state index in [9.17, 15) is 14.0 Å². The number of fused-ring (bicyclic) bond motifs is 1. The zero-order chi connectivity index (χ0) is 22.8. The van der Waals surface area contributed by atoms with Crippen molar-refractivity contribution >= 4 is 17.7 Å². The van der Waals surface area contributed by atoms with Gasteiger partial charge in [-0.1, -0.05) is 12.1 Å². The Morgan fingerprint density at radius 1 is 1.26 bits per heavy atom. The Kier molecular flexibility index (Phi) is 6.45. The van der Waals surface area contributed by atoms with E-state index in [1.807, 2.05) is 0 Å². The zero-order valence-corrected chi connectivity index (χ0v) is 18.3. The topological polar surface area (TPSA) is 81.2 Å². The molecule has 0 aliphatic carbocycles. The molecule has 3 rings (SSSR count). The molecule has 0 bridgehead atoms. The molecule has 1 aliphatic rings. The van der Waals surface area contributed by atoms with Crippen molar-refractivity contribution < 1.29 is 28.3 Å². The summed E-state index contributed by atoms with van der Waals surface area (Å²) in [6.07, 6.45) is -0.235. The molecule has 0 spiro atoms. The van der Waals surface area contributed by atoms with Crippen LogP contribution in [0, 0.1) is 5.82 Å². The summed E-state index contributed by atoms with van der Waals surface area (Å²) in [7, 11) is 2.84. The Bertz CT molecular complexity index is 972. The SMILES string of the molecule is CON(C)C(=O)c1nc2c(cc1Cc1ccc(F)cc1)N(C(=O)OC(C)(C)C)CCO2. The number of hydrogen-bond acceptors (Lipinski definition) is 6. The number of hydrogen-bond donors (Lipinski definition) is 0. The summed E-state index contributed by atoms with van der Waals surface area (Å²) in [5.41, 5.74) is 1.18. The fraction of sp³-hybridized carbons (Fsp3) is 0.409. The van der Waals surface area contributed by atoms with Crippen molar-refractivity contribution in [2.45, 2.75) is 32.8 Å². The molecule has 8 nitrogen and oxygen atoms in total. The highest BCUT2D eigenvalue weighted by Gasteiger charge is 2.31. The first-order valence-corrected chi connectivity index (χ1v) is 9.83. The van der Waals surface area contributed by atoms with E-state index in [2.05, 4.69) is 4.98 Å². The molecule has 0 N–H and O–H groups in total. The van der Waals surface area contributed by atoms with E-state index in [-0.39, 0.29) is 30.5 Å². The smallest absolute Gasteiger partial charge is 0.415 e. The molecular formula is C22H26FN3O5. The Labute approximate surface area is 180 Å². The van der Waals surface area contributed by atoms with E-state index in [4.69, 9.17) is 14.3 Å². The van der Waals surface area contributed by atoms with Crippen LogP contribution in [0.25, 0.3) is 0 Å². The van der Waals surface area contributed by atoms with Crippen molar-refractivity contribution in [1.29, 1.82) is 0 Å². The molecule has 166 valence electrons. The summed E-state index contributed by atoms with van der Waals surface area (Å²) in [4.78, 5) is 36.5. The Morgan fingerprint density at radius 2 is 1.94 bits per heavy atom. The van der Waals surface area contributed by atoms with Gasteiger partial charge in [0.1, 0.15) is 29.4 Å². The zero-order valence-electron chi connectivity index (χ0n) is 18.3. The molecule has 31 heavy (non-hydrogen) atoms. The van der Waals surface area contributed by atoms with Gasteiger partial charge in [0.2, 0.25) is 5.88 Å². The molecule has 9 heteroatoms. The maximum atomic E-state index is 13.3. The number of nitrogens with zero attached hydrogens (tertiary/aromatic N) is 3. The number of amides is 2. The number of hydroxylamine groups is 2. The monoisotopic (exact) mass is 431 g/mol. The van der Waals surface area contributed by atoms with Gasteiger partial charge < -0.3 is 9.47 Å². The third kappa shape index (κ3) is 5.29.